The second-order valence-electron chi connectivity index (χ2n) is 10.3. The first-order chi connectivity index (χ1) is 20.7. The number of hydrogen-bond donors (Lipinski definition) is 2. The van der Waals surface area contributed by atoms with Gasteiger partial charge in [-0.1, -0.05) is 71.7 Å². The molecular formula is C32H33Cl2N5O3S. The molecule has 0 saturated heterocycles. The van der Waals surface area contributed by atoms with Crippen LogP contribution in [0.1, 0.15) is 48.6 Å². The number of nitrogens with zero attached hydrogens (tertiary/aromatic N) is 3. The lowest BCUT2D eigenvalue weighted by molar-refractivity contribution is -0.113. The zero-order valence-electron chi connectivity index (χ0n) is 24.6. The molecule has 4 aromatic rings. The van der Waals surface area contributed by atoms with Crippen LogP contribution in [0.3, 0.4) is 0 Å². The third-order valence-electron chi connectivity index (χ3n) is 7.04. The lowest BCUT2D eigenvalue weighted by atomic mass is 9.94. The molecule has 0 aliphatic carbocycles. The fourth-order valence-electron chi connectivity index (χ4n) is 4.90. The summed E-state index contributed by atoms with van der Waals surface area (Å²) in [6.45, 7) is 8.23. The maximum Gasteiger partial charge on any atom is 0.255 e. The van der Waals surface area contributed by atoms with E-state index in [-0.39, 0.29) is 12.5 Å². The quantitative estimate of drug-likeness (QED) is 0.169. The Hall–Kier alpha value is -3.66. The largest absolute Gasteiger partial charge is 0.493 e. The van der Waals surface area contributed by atoms with Gasteiger partial charge in [0.15, 0.2) is 11.5 Å². The summed E-state index contributed by atoms with van der Waals surface area (Å²) >= 11 is 14.0. The number of allylic oxidation sites excluding steroid dienone is 1. The Morgan fingerprint density at radius 2 is 1.88 bits per heavy atom. The second-order valence-corrected chi connectivity index (χ2v) is 12.2. The monoisotopic (exact) mass is 637 g/mol. The minimum absolute atomic E-state index is 0.229. The van der Waals surface area contributed by atoms with Crippen molar-refractivity contribution in [2.75, 3.05) is 23.5 Å². The van der Waals surface area contributed by atoms with Gasteiger partial charge in [-0.2, -0.15) is 4.98 Å². The van der Waals surface area contributed by atoms with Crippen molar-refractivity contribution in [3.05, 3.63) is 98.2 Å². The summed E-state index contributed by atoms with van der Waals surface area (Å²) in [6, 6.07) is 16.3. The molecule has 1 amide bonds. The first-order valence-corrected chi connectivity index (χ1v) is 15.6. The van der Waals surface area contributed by atoms with Crippen LogP contribution in [0, 0.1) is 13.8 Å². The second kappa shape index (κ2) is 13.3. The van der Waals surface area contributed by atoms with Crippen LogP contribution in [0.5, 0.6) is 11.5 Å². The zero-order chi connectivity index (χ0) is 30.7. The highest BCUT2D eigenvalue weighted by Gasteiger charge is 2.35. The van der Waals surface area contributed by atoms with Crippen LogP contribution >= 0.6 is 35.0 Å². The Morgan fingerprint density at radius 3 is 2.60 bits per heavy atom. The topological polar surface area (TPSA) is 90.3 Å². The molecule has 0 bridgehead atoms. The molecule has 0 radical (unpaired) electrons. The Balaban J connectivity index is 1.51. The highest BCUT2D eigenvalue weighted by molar-refractivity contribution is 7.99. The van der Waals surface area contributed by atoms with Gasteiger partial charge in [0, 0.05) is 32.7 Å². The van der Waals surface area contributed by atoms with E-state index in [0.29, 0.717) is 43.9 Å². The van der Waals surface area contributed by atoms with Gasteiger partial charge < -0.3 is 20.1 Å². The van der Waals surface area contributed by atoms with E-state index in [1.54, 1.807) is 35.7 Å². The van der Waals surface area contributed by atoms with Crippen molar-refractivity contribution >= 4 is 52.5 Å². The van der Waals surface area contributed by atoms with Gasteiger partial charge in [0.1, 0.15) is 12.6 Å². The number of fused-ring (bicyclic) bond motifs is 1. The molecule has 8 nitrogen and oxygen atoms in total. The number of benzene rings is 3. The number of carbonyl (C=O) groups is 1. The van der Waals surface area contributed by atoms with Gasteiger partial charge in [0.25, 0.3) is 5.91 Å². The van der Waals surface area contributed by atoms with Crippen molar-refractivity contribution in [2.24, 2.45) is 0 Å². The highest BCUT2D eigenvalue weighted by Crippen LogP contribution is 2.40. The summed E-state index contributed by atoms with van der Waals surface area (Å²) in [5.41, 5.74) is 5.66. The van der Waals surface area contributed by atoms with Crippen molar-refractivity contribution in [1.82, 2.24) is 14.8 Å². The molecule has 2 heterocycles. The Bertz CT molecular complexity index is 1700. The number of nitrogens with one attached hydrogen (secondary N) is 2. The molecular weight excluding hydrogens is 605 g/mol. The van der Waals surface area contributed by atoms with Gasteiger partial charge >= 0.3 is 0 Å². The summed E-state index contributed by atoms with van der Waals surface area (Å²) in [5, 5.41) is 13.0. The van der Waals surface area contributed by atoms with Crippen LogP contribution in [-0.2, 0) is 11.4 Å². The molecule has 1 atom stereocenters. The molecule has 1 unspecified atom stereocenters. The summed E-state index contributed by atoms with van der Waals surface area (Å²) in [6.07, 6.45) is 0.992. The lowest BCUT2D eigenvalue weighted by Crippen LogP contribution is -2.31. The third kappa shape index (κ3) is 6.79. The number of methoxy groups -OCH3 is 1. The van der Waals surface area contributed by atoms with E-state index in [0.717, 1.165) is 40.1 Å². The van der Waals surface area contributed by atoms with Gasteiger partial charge in [-0.15, -0.1) is 5.10 Å². The van der Waals surface area contributed by atoms with E-state index in [2.05, 4.69) is 17.6 Å². The SMILES string of the molecule is CCCSc1nc2n(n1)C(c1ccc(OCc3ccc(Cl)cc3Cl)c(OC)c1)C(C(=O)Nc1ccc(C)cc1C)=C(C)N2. The third-order valence-corrected chi connectivity index (χ3v) is 8.68. The number of aryl methyl sites for hydroxylation is 2. The minimum atomic E-state index is -0.570. The van der Waals surface area contributed by atoms with Crippen LogP contribution in [0.15, 0.2) is 71.0 Å². The van der Waals surface area contributed by atoms with Crippen LogP contribution in [0.25, 0.3) is 0 Å². The maximum absolute atomic E-state index is 14.0. The predicted molar refractivity (Wildman–Crippen MR) is 174 cm³/mol. The molecule has 224 valence electrons. The van der Waals surface area contributed by atoms with Gasteiger partial charge in [-0.25, -0.2) is 4.68 Å². The average Bonchev–Trinajstić information content (AvgIpc) is 3.38. The van der Waals surface area contributed by atoms with Gasteiger partial charge in [-0.3, -0.25) is 4.79 Å². The standard InChI is InChI=1S/C32H33Cl2N5O3S/c1-6-13-43-32-37-31-35-20(4)28(30(40)36-25-11-7-18(2)14-19(25)3)29(39(31)38-32)21-9-12-26(27(15-21)41-5)42-17-22-8-10-23(33)16-24(22)34/h7-12,14-16,29H,6,13,17H2,1-5H3,(H,36,40)(H,35,37,38). The molecule has 2 N–H and O–H groups in total. The maximum atomic E-state index is 14.0. The summed E-state index contributed by atoms with van der Waals surface area (Å²) in [7, 11) is 1.58. The number of aromatic nitrogens is 3. The normalized spacial score (nSPS) is 14.3. The molecule has 0 spiro atoms. The van der Waals surface area contributed by atoms with Crippen LogP contribution in [0.4, 0.5) is 11.6 Å². The number of rotatable bonds is 10. The molecule has 3 aromatic carbocycles. The predicted octanol–water partition coefficient (Wildman–Crippen LogP) is 8.22. The lowest BCUT2D eigenvalue weighted by Gasteiger charge is -2.29. The number of carbonyl (C=O) groups excluding carboxylic acids is 1. The average molecular weight is 639 g/mol. The van der Waals surface area contributed by atoms with E-state index < -0.39 is 6.04 Å². The van der Waals surface area contributed by atoms with E-state index in [9.17, 15) is 4.79 Å². The van der Waals surface area contributed by atoms with Gasteiger partial charge in [-0.05, 0) is 68.7 Å². The summed E-state index contributed by atoms with van der Waals surface area (Å²) in [5.74, 6) is 2.27. The Labute approximate surface area is 265 Å². The number of thioether (sulfide) groups is 1. The van der Waals surface area contributed by atoms with E-state index >= 15 is 0 Å². The van der Waals surface area contributed by atoms with Crippen molar-refractivity contribution in [3.63, 3.8) is 0 Å². The molecule has 43 heavy (non-hydrogen) atoms. The van der Waals surface area contributed by atoms with Gasteiger partial charge in [0.05, 0.1) is 12.7 Å². The number of hydrogen-bond acceptors (Lipinski definition) is 7. The number of amides is 1. The first-order valence-electron chi connectivity index (χ1n) is 13.9. The van der Waals surface area contributed by atoms with Crippen molar-refractivity contribution in [3.8, 4) is 11.5 Å². The van der Waals surface area contributed by atoms with E-state index in [4.69, 9.17) is 42.8 Å². The number of anilines is 2. The molecule has 0 saturated carbocycles. The van der Waals surface area contributed by atoms with Gasteiger partial charge in [0.2, 0.25) is 11.1 Å². The van der Waals surface area contributed by atoms with Crippen LogP contribution in [0.2, 0.25) is 10.0 Å². The Morgan fingerprint density at radius 1 is 1.07 bits per heavy atom. The molecule has 5 rings (SSSR count). The number of ether oxygens (including phenoxy) is 2. The molecule has 11 heteroatoms. The Kier molecular flexibility index (Phi) is 9.54. The fraction of sp³-hybridized carbons (Fsp3) is 0.281. The van der Waals surface area contributed by atoms with E-state index in [1.807, 2.05) is 63.2 Å². The first kappa shape index (κ1) is 30.8. The van der Waals surface area contributed by atoms with Crippen molar-refractivity contribution in [2.45, 2.75) is 51.9 Å². The summed E-state index contributed by atoms with van der Waals surface area (Å²) in [4.78, 5) is 18.7. The van der Waals surface area contributed by atoms with Crippen molar-refractivity contribution < 1.29 is 14.3 Å². The summed E-state index contributed by atoms with van der Waals surface area (Å²) < 4.78 is 13.6. The smallest absolute Gasteiger partial charge is 0.255 e. The number of halogens is 2. The fourth-order valence-corrected chi connectivity index (χ4v) is 6.05. The van der Waals surface area contributed by atoms with Crippen LogP contribution < -0.4 is 20.1 Å². The molecule has 0 fully saturated rings. The van der Waals surface area contributed by atoms with Crippen molar-refractivity contribution in [1.29, 1.82) is 0 Å². The molecule has 1 aliphatic heterocycles. The van der Waals surface area contributed by atoms with Crippen LogP contribution in [-0.4, -0.2) is 33.5 Å². The molecule has 1 aromatic heterocycles. The minimum Gasteiger partial charge on any atom is -0.493 e. The zero-order valence-corrected chi connectivity index (χ0v) is 27.0. The van der Waals surface area contributed by atoms with E-state index in [1.165, 1.54) is 0 Å². The highest BCUT2D eigenvalue weighted by atomic mass is 35.5. The molecule has 1 aliphatic rings.